The molecule has 0 fully saturated rings. The van der Waals surface area contributed by atoms with Crippen molar-refractivity contribution < 1.29 is 19.1 Å². The lowest BCUT2D eigenvalue weighted by Gasteiger charge is -2.11. The van der Waals surface area contributed by atoms with Gasteiger partial charge in [-0.25, -0.2) is 0 Å². The molecule has 0 aromatic heterocycles. The van der Waals surface area contributed by atoms with Crippen molar-refractivity contribution in [3.05, 3.63) is 57.6 Å². The number of nitrogens with one attached hydrogen (secondary N) is 2. The van der Waals surface area contributed by atoms with Gasteiger partial charge in [-0.05, 0) is 43.2 Å². The molecule has 2 aromatic carbocycles. The second-order valence-corrected chi connectivity index (χ2v) is 6.99. The Balaban J connectivity index is 1.75. The number of hydrogen-bond acceptors (Lipinski definition) is 4. The van der Waals surface area contributed by atoms with E-state index in [0.717, 1.165) is 16.8 Å². The molecule has 0 aliphatic carbocycles. The molecule has 6 nitrogen and oxygen atoms in total. The van der Waals surface area contributed by atoms with Gasteiger partial charge in [-0.2, -0.15) is 0 Å². The molecule has 0 radical (unpaired) electrons. The molecule has 0 unspecified atom stereocenters. The van der Waals surface area contributed by atoms with E-state index in [1.165, 1.54) is 6.07 Å². The topological polar surface area (TPSA) is 84.5 Å². The molecular formula is C20H20Cl2N2O4. The lowest BCUT2D eigenvalue weighted by Crippen LogP contribution is -2.22. The quantitative estimate of drug-likeness (QED) is 0.642. The van der Waals surface area contributed by atoms with Gasteiger partial charge < -0.3 is 15.4 Å². The number of benzene rings is 2. The van der Waals surface area contributed by atoms with Gasteiger partial charge in [0, 0.05) is 17.1 Å². The summed E-state index contributed by atoms with van der Waals surface area (Å²) in [5.41, 5.74) is 2.93. The first-order chi connectivity index (χ1) is 13.3. The summed E-state index contributed by atoms with van der Waals surface area (Å²) in [4.78, 5) is 35.7. The highest BCUT2D eigenvalue weighted by Gasteiger charge is 2.13. The number of halogens is 2. The summed E-state index contributed by atoms with van der Waals surface area (Å²) in [7, 11) is 0. The number of rotatable bonds is 7. The zero-order valence-corrected chi connectivity index (χ0v) is 17.0. The fraction of sp³-hybridized carbons (Fsp3) is 0.250. The summed E-state index contributed by atoms with van der Waals surface area (Å²) in [6.45, 7) is 3.30. The lowest BCUT2D eigenvalue weighted by molar-refractivity contribution is -0.147. The number of esters is 1. The summed E-state index contributed by atoms with van der Waals surface area (Å²) in [6, 6.07) is 10.3. The molecule has 2 amide bonds. The monoisotopic (exact) mass is 422 g/mol. The molecule has 148 valence electrons. The first-order valence-electron chi connectivity index (χ1n) is 8.53. The molecule has 0 aliphatic heterocycles. The number of para-hydroxylation sites is 1. The van der Waals surface area contributed by atoms with E-state index in [9.17, 15) is 14.4 Å². The van der Waals surface area contributed by atoms with Gasteiger partial charge in [0.25, 0.3) is 5.91 Å². The minimum absolute atomic E-state index is 0.0473. The van der Waals surface area contributed by atoms with E-state index >= 15 is 0 Å². The summed E-state index contributed by atoms with van der Waals surface area (Å²) in [6.07, 6.45) is -0.184. The average molecular weight is 423 g/mol. The van der Waals surface area contributed by atoms with Gasteiger partial charge in [0.2, 0.25) is 5.91 Å². The third-order valence-corrected chi connectivity index (χ3v) is 4.43. The molecule has 0 aliphatic rings. The molecule has 0 spiro atoms. The smallest absolute Gasteiger partial charge is 0.306 e. The maximum Gasteiger partial charge on any atom is 0.306 e. The molecule has 0 saturated carbocycles. The van der Waals surface area contributed by atoms with E-state index in [2.05, 4.69) is 10.6 Å². The van der Waals surface area contributed by atoms with Gasteiger partial charge in [-0.15, -0.1) is 0 Å². The molecule has 8 heteroatoms. The highest BCUT2D eigenvalue weighted by Crippen LogP contribution is 2.25. The van der Waals surface area contributed by atoms with Crippen molar-refractivity contribution in [1.29, 1.82) is 0 Å². The van der Waals surface area contributed by atoms with Crippen molar-refractivity contribution in [2.75, 3.05) is 17.2 Å². The Labute approximate surface area is 173 Å². The van der Waals surface area contributed by atoms with Crippen LogP contribution in [0, 0.1) is 13.8 Å². The van der Waals surface area contributed by atoms with Gasteiger partial charge in [0.05, 0.1) is 17.1 Å². The van der Waals surface area contributed by atoms with Crippen LogP contribution in [0.5, 0.6) is 0 Å². The number of carbonyl (C=O) groups is 3. The van der Waals surface area contributed by atoms with Gasteiger partial charge in [0.1, 0.15) is 0 Å². The predicted octanol–water partition coefficient (Wildman–Crippen LogP) is 4.51. The predicted molar refractivity (Wildman–Crippen MR) is 110 cm³/mol. The fourth-order valence-electron chi connectivity index (χ4n) is 2.43. The first-order valence-corrected chi connectivity index (χ1v) is 9.28. The number of anilines is 2. The Morgan fingerprint density at radius 1 is 0.929 bits per heavy atom. The van der Waals surface area contributed by atoms with Crippen molar-refractivity contribution in [3.8, 4) is 0 Å². The van der Waals surface area contributed by atoms with E-state index in [4.69, 9.17) is 27.9 Å². The van der Waals surface area contributed by atoms with Crippen LogP contribution < -0.4 is 10.6 Å². The number of ether oxygens (including phenoxy) is 1. The van der Waals surface area contributed by atoms with Crippen molar-refractivity contribution in [3.63, 3.8) is 0 Å². The zero-order chi connectivity index (χ0) is 20.7. The van der Waals surface area contributed by atoms with Crippen molar-refractivity contribution in [2.24, 2.45) is 0 Å². The molecule has 0 bridgehead atoms. The van der Waals surface area contributed by atoms with Crippen LogP contribution >= 0.6 is 23.2 Å². The number of hydrogen-bond donors (Lipinski definition) is 2. The van der Waals surface area contributed by atoms with Crippen LogP contribution in [0.25, 0.3) is 0 Å². The third-order valence-electron chi connectivity index (χ3n) is 3.87. The molecule has 2 aromatic rings. The Morgan fingerprint density at radius 3 is 2.29 bits per heavy atom. The minimum Gasteiger partial charge on any atom is -0.456 e. The van der Waals surface area contributed by atoms with Crippen molar-refractivity contribution in [2.45, 2.75) is 26.7 Å². The number of aryl methyl sites for hydroxylation is 2. The number of amides is 2. The maximum atomic E-state index is 12.0. The van der Waals surface area contributed by atoms with E-state index in [-0.39, 0.29) is 18.7 Å². The van der Waals surface area contributed by atoms with Gasteiger partial charge in [0.15, 0.2) is 6.61 Å². The van der Waals surface area contributed by atoms with Crippen LogP contribution in [0.3, 0.4) is 0 Å². The standard InChI is InChI=1S/C20H20Cl2N2O4/c1-12-4-3-5-13(2)20(12)24-17(25)8-9-19(27)28-11-18(26)23-16-10-14(21)6-7-15(16)22/h3-7,10H,8-9,11H2,1-2H3,(H,23,26)(H,24,25). The largest absolute Gasteiger partial charge is 0.456 e. The second-order valence-electron chi connectivity index (χ2n) is 6.15. The second kappa shape index (κ2) is 10.1. The normalized spacial score (nSPS) is 10.3. The molecule has 0 heterocycles. The van der Waals surface area contributed by atoms with Gasteiger partial charge >= 0.3 is 5.97 Å². The Bertz CT molecular complexity index is 880. The van der Waals surface area contributed by atoms with Crippen LogP contribution in [0.4, 0.5) is 11.4 Å². The highest BCUT2D eigenvalue weighted by molar-refractivity contribution is 6.35. The van der Waals surface area contributed by atoms with Crippen LogP contribution in [-0.4, -0.2) is 24.4 Å². The zero-order valence-electron chi connectivity index (χ0n) is 15.5. The highest BCUT2D eigenvalue weighted by atomic mass is 35.5. The Kier molecular flexibility index (Phi) is 7.84. The van der Waals surface area contributed by atoms with Crippen LogP contribution in [0.2, 0.25) is 10.0 Å². The summed E-state index contributed by atoms with van der Waals surface area (Å²) >= 11 is 11.8. The van der Waals surface area contributed by atoms with Crippen molar-refractivity contribution >= 4 is 52.4 Å². The van der Waals surface area contributed by atoms with Crippen molar-refractivity contribution in [1.82, 2.24) is 0 Å². The Morgan fingerprint density at radius 2 is 1.61 bits per heavy atom. The molecule has 0 atom stereocenters. The molecule has 2 N–H and O–H groups in total. The summed E-state index contributed by atoms with van der Waals surface area (Å²) in [5.74, 6) is -1.51. The SMILES string of the molecule is Cc1cccc(C)c1NC(=O)CCC(=O)OCC(=O)Nc1cc(Cl)ccc1Cl. The summed E-state index contributed by atoms with van der Waals surface area (Å²) in [5, 5.41) is 6.02. The lowest BCUT2D eigenvalue weighted by atomic mass is 10.1. The molecule has 2 rings (SSSR count). The number of carbonyl (C=O) groups excluding carboxylic acids is 3. The molecule has 28 heavy (non-hydrogen) atoms. The average Bonchev–Trinajstić information content (AvgIpc) is 2.64. The summed E-state index contributed by atoms with van der Waals surface area (Å²) < 4.78 is 4.89. The van der Waals surface area contributed by atoms with E-state index in [0.29, 0.717) is 15.7 Å². The van der Waals surface area contributed by atoms with E-state index < -0.39 is 18.5 Å². The Hall–Kier alpha value is -2.57. The molecular weight excluding hydrogens is 403 g/mol. The minimum atomic E-state index is -0.649. The van der Waals surface area contributed by atoms with E-state index in [1.54, 1.807) is 12.1 Å². The van der Waals surface area contributed by atoms with Crippen LogP contribution in [-0.2, 0) is 19.1 Å². The third kappa shape index (κ3) is 6.55. The molecule has 0 saturated heterocycles. The van der Waals surface area contributed by atoms with Crippen LogP contribution in [0.15, 0.2) is 36.4 Å². The van der Waals surface area contributed by atoms with E-state index in [1.807, 2.05) is 32.0 Å². The maximum absolute atomic E-state index is 12.0. The van der Waals surface area contributed by atoms with Crippen LogP contribution in [0.1, 0.15) is 24.0 Å². The fourth-order valence-corrected chi connectivity index (χ4v) is 2.76. The first kappa shape index (κ1) is 21.7. The van der Waals surface area contributed by atoms with Gasteiger partial charge in [-0.1, -0.05) is 41.4 Å². The van der Waals surface area contributed by atoms with Gasteiger partial charge in [-0.3, -0.25) is 14.4 Å².